The number of rotatable bonds is 2. The van der Waals surface area contributed by atoms with Gasteiger partial charge in [0, 0.05) is 18.1 Å². The largest absolute Gasteiger partial charge is 0.321 e. The van der Waals surface area contributed by atoms with Crippen LogP contribution in [-0.4, -0.2) is 26.1 Å². The smallest absolute Gasteiger partial charge is 0.276 e. The van der Waals surface area contributed by atoms with E-state index in [0.29, 0.717) is 11.2 Å². The number of fused-ring (bicyclic) bond motifs is 1. The molecular formula is C13H8ClN5O. The van der Waals surface area contributed by atoms with Gasteiger partial charge in [-0.25, -0.2) is 0 Å². The van der Waals surface area contributed by atoms with Gasteiger partial charge in [-0.1, -0.05) is 11.6 Å². The van der Waals surface area contributed by atoms with Crippen LogP contribution in [0.15, 0.2) is 42.7 Å². The number of hydrogen-bond donors (Lipinski definition) is 1. The molecule has 2 heterocycles. The van der Waals surface area contributed by atoms with Crippen LogP contribution in [0, 0.1) is 0 Å². The molecule has 1 N–H and O–H groups in total. The van der Waals surface area contributed by atoms with Crippen LogP contribution in [0.25, 0.3) is 11.0 Å². The van der Waals surface area contributed by atoms with Crippen LogP contribution >= 0.6 is 11.6 Å². The summed E-state index contributed by atoms with van der Waals surface area (Å²) in [5.74, 6) is -0.364. The molecule has 0 spiro atoms. The Morgan fingerprint density at radius 3 is 2.55 bits per heavy atom. The SMILES string of the molecule is O=C(Nc1ccc2nccnc2c1)c1ccc(Cl)nn1. The second-order valence-electron chi connectivity index (χ2n) is 3.96. The van der Waals surface area contributed by atoms with Gasteiger partial charge in [0.15, 0.2) is 10.8 Å². The first kappa shape index (κ1) is 12.4. The molecular weight excluding hydrogens is 278 g/mol. The number of carbonyl (C=O) groups excluding carboxylic acids is 1. The number of nitrogens with zero attached hydrogens (tertiary/aromatic N) is 4. The summed E-state index contributed by atoms with van der Waals surface area (Å²) in [4.78, 5) is 20.3. The Balaban J connectivity index is 1.85. The Labute approximate surface area is 118 Å². The lowest BCUT2D eigenvalue weighted by Gasteiger charge is -2.05. The van der Waals surface area contributed by atoms with Crippen molar-refractivity contribution in [2.75, 3.05) is 5.32 Å². The molecule has 0 fully saturated rings. The van der Waals surface area contributed by atoms with Crippen molar-refractivity contribution >= 4 is 34.2 Å². The fraction of sp³-hybridized carbons (Fsp3) is 0. The standard InChI is InChI=1S/C13H8ClN5O/c14-12-4-3-10(18-19-12)13(20)17-8-1-2-9-11(7-8)16-6-5-15-9/h1-7H,(H,17,20). The Bertz CT molecular complexity index is 775. The number of amides is 1. The van der Waals surface area contributed by atoms with Gasteiger partial charge in [0.05, 0.1) is 11.0 Å². The van der Waals surface area contributed by atoms with Gasteiger partial charge < -0.3 is 5.32 Å². The molecule has 1 aromatic carbocycles. The van der Waals surface area contributed by atoms with E-state index >= 15 is 0 Å². The summed E-state index contributed by atoms with van der Waals surface area (Å²) in [7, 11) is 0. The lowest BCUT2D eigenvalue weighted by molar-refractivity contribution is 0.102. The number of carbonyl (C=O) groups is 1. The van der Waals surface area contributed by atoms with Crippen LogP contribution in [0.1, 0.15) is 10.5 Å². The highest BCUT2D eigenvalue weighted by atomic mass is 35.5. The van der Waals surface area contributed by atoms with E-state index in [4.69, 9.17) is 11.6 Å². The molecule has 3 rings (SSSR count). The zero-order valence-electron chi connectivity index (χ0n) is 10.1. The highest BCUT2D eigenvalue weighted by molar-refractivity contribution is 6.29. The topological polar surface area (TPSA) is 80.7 Å². The first-order valence-electron chi connectivity index (χ1n) is 5.74. The van der Waals surface area contributed by atoms with Crippen molar-refractivity contribution in [3.63, 3.8) is 0 Å². The molecule has 0 saturated carbocycles. The van der Waals surface area contributed by atoms with Gasteiger partial charge in [-0.15, -0.1) is 10.2 Å². The number of aromatic nitrogens is 4. The van der Waals surface area contributed by atoms with Crippen molar-refractivity contribution in [2.45, 2.75) is 0 Å². The summed E-state index contributed by atoms with van der Waals surface area (Å²) in [6, 6.07) is 8.29. The Morgan fingerprint density at radius 2 is 1.80 bits per heavy atom. The summed E-state index contributed by atoms with van der Waals surface area (Å²) < 4.78 is 0. The molecule has 0 unspecified atom stereocenters. The quantitative estimate of drug-likeness (QED) is 0.781. The Morgan fingerprint density at radius 1 is 1.00 bits per heavy atom. The molecule has 1 amide bonds. The van der Waals surface area contributed by atoms with Gasteiger partial charge in [-0.2, -0.15) is 0 Å². The molecule has 0 aliphatic heterocycles. The van der Waals surface area contributed by atoms with Crippen LogP contribution in [0.3, 0.4) is 0 Å². The maximum Gasteiger partial charge on any atom is 0.276 e. The molecule has 0 saturated heterocycles. The summed E-state index contributed by atoms with van der Waals surface area (Å²) in [5, 5.41) is 10.3. The fourth-order valence-corrected chi connectivity index (χ4v) is 1.77. The van der Waals surface area contributed by atoms with Gasteiger partial charge in [0.25, 0.3) is 5.91 Å². The Hall–Kier alpha value is -2.60. The van der Waals surface area contributed by atoms with Crippen LogP contribution in [-0.2, 0) is 0 Å². The molecule has 0 bridgehead atoms. The van der Waals surface area contributed by atoms with Gasteiger partial charge >= 0.3 is 0 Å². The van der Waals surface area contributed by atoms with E-state index < -0.39 is 0 Å². The average molecular weight is 286 g/mol. The van der Waals surface area contributed by atoms with Crippen molar-refractivity contribution in [3.8, 4) is 0 Å². The number of hydrogen-bond acceptors (Lipinski definition) is 5. The van der Waals surface area contributed by atoms with Gasteiger partial charge in [-0.3, -0.25) is 14.8 Å². The first-order valence-corrected chi connectivity index (χ1v) is 6.11. The molecule has 0 atom stereocenters. The van der Waals surface area contributed by atoms with Crippen LogP contribution < -0.4 is 5.32 Å². The molecule has 2 aromatic heterocycles. The number of halogens is 1. The normalized spacial score (nSPS) is 10.4. The van der Waals surface area contributed by atoms with Gasteiger partial charge in [0.2, 0.25) is 0 Å². The van der Waals surface area contributed by atoms with E-state index in [-0.39, 0.29) is 16.8 Å². The molecule has 0 aliphatic carbocycles. The zero-order valence-corrected chi connectivity index (χ0v) is 10.9. The lowest BCUT2D eigenvalue weighted by Crippen LogP contribution is -2.14. The van der Waals surface area contributed by atoms with Crippen LogP contribution in [0.5, 0.6) is 0 Å². The number of benzene rings is 1. The maximum atomic E-state index is 12.0. The fourth-order valence-electron chi connectivity index (χ4n) is 1.67. The minimum absolute atomic E-state index is 0.189. The van der Waals surface area contributed by atoms with E-state index in [2.05, 4.69) is 25.5 Å². The maximum absolute atomic E-state index is 12.0. The number of anilines is 1. The highest BCUT2D eigenvalue weighted by Crippen LogP contribution is 2.15. The third kappa shape index (κ3) is 2.55. The van der Waals surface area contributed by atoms with Crippen molar-refractivity contribution in [1.82, 2.24) is 20.2 Å². The molecule has 6 nitrogen and oxygen atoms in total. The van der Waals surface area contributed by atoms with E-state index in [1.54, 1.807) is 30.6 Å². The molecule has 0 aliphatic rings. The van der Waals surface area contributed by atoms with Crippen molar-refractivity contribution in [3.05, 3.63) is 53.6 Å². The summed E-state index contributed by atoms with van der Waals surface area (Å²) in [5.41, 5.74) is 2.26. The monoisotopic (exact) mass is 285 g/mol. The summed E-state index contributed by atoms with van der Waals surface area (Å²) in [6.07, 6.45) is 3.21. The second-order valence-corrected chi connectivity index (χ2v) is 4.34. The zero-order chi connectivity index (χ0) is 13.9. The van der Waals surface area contributed by atoms with E-state index in [1.165, 1.54) is 12.1 Å². The van der Waals surface area contributed by atoms with Gasteiger partial charge in [0.1, 0.15) is 0 Å². The first-order chi connectivity index (χ1) is 9.72. The summed E-state index contributed by atoms with van der Waals surface area (Å²) in [6.45, 7) is 0. The lowest BCUT2D eigenvalue weighted by atomic mass is 10.2. The molecule has 0 radical (unpaired) electrons. The third-order valence-corrected chi connectivity index (χ3v) is 2.79. The third-order valence-electron chi connectivity index (χ3n) is 2.59. The minimum Gasteiger partial charge on any atom is -0.321 e. The molecule has 20 heavy (non-hydrogen) atoms. The average Bonchev–Trinajstić information content (AvgIpc) is 2.48. The molecule has 7 heteroatoms. The molecule has 98 valence electrons. The molecule has 3 aromatic rings. The van der Waals surface area contributed by atoms with E-state index in [1.807, 2.05) is 0 Å². The van der Waals surface area contributed by atoms with E-state index in [0.717, 1.165) is 5.52 Å². The van der Waals surface area contributed by atoms with Crippen LogP contribution in [0.2, 0.25) is 5.15 Å². The van der Waals surface area contributed by atoms with Crippen LogP contribution in [0.4, 0.5) is 5.69 Å². The number of nitrogens with one attached hydrogen (secondary N) is 1. The highest BCUT2D eigenvalue weighted by Gasteiger charge is 2.09. The van der Waals surface area contributed by atoms with E-state index in [9.17, 15) is 4.79 Å². The summed E-state index contributed by atoms with van der Waals surface area (Å²) >= 11 is 5.62. The van der Waals surface area contributed by atoms with Crippen molar-refractivity contribution in [2.24, 2.45) is 0 Å². The predicted molar refractivity (Wildman–Crippen MR) is 74.5 cm³/mol. The second kappa shape index (κ2) is 5.18. The van der Waals surface area contributed by atoms with Gasteiger partial charge in [-0.05, 0) is 30.3 Å². The van der Waals surface area contributed by atoms with Crippen molar-refractivity contribution in [1.29, 1.82) is 0 Å². The Kier molecular flexibility index (Phi) is 3.22. The minimum atomic E-state index is -0.364. The van der Waals surface area contributed by atoms with Crippen molar-refractivity contribution < 1.29 is 4.79 Å². The predicted octanol–water partition coefficient (Wildman–Crippen LogP) is 2.33.